The number of benzene rings is 1. The topological polar surface area (TPSA) is 51.1 Å². The molecule has 124 valence electrons. The molecule has 0 atom stereocenters. The van der Waals surface area contributed by atoms with Crippen molar-refractivity contribution in [2.24, 2.45) is 4.99 Å². The molecule has 0 amide bonds. The minimum Gasteiger partial charge on any atom is -0.492 e. The van der Waals surface area contributed by atoms with Crippen molar-refractivity contribution in [1.29, 1.82) is 0 Å². The first-order chi connectivity index (χ1) is 11.2. The SMILES string of the molecule is COc1c(OC2CCN(C)CC2)cccc1C1(N=C=O)CCC1. The van der Waals surface area contributed by atoms with E-state index in [0.29, 0.717) is 5.75 Å². The summed E-state index contributed by atoms with van der Waals surface area (Å²) in [5.41, 5.74) is 0.471. The molecule has 0 spiro atoms. The van der Waals surface area contributed by atoms with Crippen LogP contribution in [0.25, 0.3) is 0 Å². The molecular weight excluding hydrogens is 292 g/mol. The summed E-state index contributed by atoms with van der Waals surface area (Å²) in [5, 5.41) is 0. The number of aliphatic imine (C=N–C) groups is 1. The van der Waals surface area contributed by atoms with Crippen molar-refractivity contribution in [3.63, 3.8) is 0 Å². The largest absolute Gasteiger partial charge is 0.492 e. The molecule has 2 fully saturated rings. The van der Waals surface area contributed by atoms with Crippen molar-refractivity contribution in [2.75, 3.05) is 27.2 Å². The number of hydrogen-bond donors (Lipinski definition) is 0. The lowest BCUT2D eigenvalue weighted by Crippen LogP contribution is -2.36. The number of rotatable bonds is 5. The Labute approximate surface area is 137 Å². The summed E-state index contributed by atoms with van der Waals surface area (Å²) in [4.78, 5) is 17.3. The fourth-order valence-corrected chi connectivity index (χ4v) is 3.51. The Kier molecular flexibility index (Phi) is 4.69. The molecule has 0 unspecified atom stereocenters. The van der Waals surface area contributed by atoms with E-state index in [0.717, 1.165) is 56.5 Å². The molecule has 0 aromatic heterocycles. The number of hydrogen-bond acceptors (Lipinski definition) is 5. The Morgan fingerprint density at radius 3 is 2.61 bits per heavy atom. The minimum absolute atomic E-state index is 0.210. The quantitative estimate of drug-likeness (QED) is 0.619. The van der Waals surface area contributed by atoms with Gasteiger partial charge in [0, 0.05) is 18.7 Å². The monoisotopic (exact) mass is 316 g/mol. The van der Waals surface area contributed by atoms with Crippen LogP contribution in [0.1, 0.15) is 37.7 Å². The maximum atomic E-state index is 10.9. The van der Waals surface area contributed by atoms with Gasteiger partial charge in [0.2, 0.25) is 6.08 Å². The Morgan fingerprint density at radius 1 is 1.30 bits per heavy atom. The summed E-state index contributed by atoms with van der Waals surface area (Å²) < 4.78 is 11.9. The van der Waals surface area contributed by atoms with Crippen LogP contribution < -0.4 is 9.47 Å². The number of ether oxygens (including phenoxy) is 2. The summed E-state index contributed by atoms with van der Waals surface area (Å²) in [6.07, 6.45) is 6.76. The molecular formula is C18H24N2O3. The minimum atomic E-state index is -0.473. The summed E-state index contributed by atoms with van der Waals surface area (Å²) >= 11 is 0. The van der Waals surface area contributed by atoms with E-state index in [4.69, 9.17) is 9.47 Å². The average molecular weight is 316 g/mol. The van der Waals surface area contributed by atoms with E-state index in [-0.39, 0.29) is 6.10 Å². The molecule has 1 heterocycles. The molecule has 23 heavy (non-hydrogen) atoms. The van der Waals surface area contributed by atoms with E-state index in [1.807, 2.05) is 18.2 Å². The van der Waals surface area contributed by atoms with Crippen LogP contribution >= 0.6 is 0 Å². The average Bonchev–Trinajstić information content (AvgIpc) is 2.53. The van der Waals surface area contributed by atoms with Crippen molar-refractivity contribution >= 4 is 6.08 Å². The third-order valence-electron chi connectivity index (χ3n) is 5.08. The summed E-state index contributed by atoms with van der Waals surface area (Å²) in [6, 6.07) is 5.89. The molecule has 1 aliphatic carbocycles. The molecule has 1 saturated heterocycles. The Hall–Kier alpha value is -1.84. The van der Waals surface area contributed by atoms with E-state index in [1.165, 1.54) is 0 Å². The zero-order chi connectivity index (χ0) is 16.3. The van der Waals surface area contributed by atoms with E-state index in [9.17, 15) is 4.79 Å². The summed E-state index contributed by atoms with van der Waals surface area (Å²) in [6.45, 7) is 2.10. The first-order valence-electron chi connectivity index (χ1n) is 8.30. The van der Waals surface area contributed by atoms with Gasteiger partial charge in [0.05, 0.1) is 7.11 Å². The van der Waals surface area contributed by atoms with Crippen LogP contribution in [0.5, 0.6) is 11.5 Å². The van der Waals surface area contributed by atoms with Crippen molar-refractivity contribution in [1.82, 2.24) is 4.90 Å². The summed E-state index contributed by atoms with van der Waals surface area (Å²) in [5.74, 6) is 1.47. The Morgan fingerprint density at radius 2 is 2.04 bits per heavy atom. The van der Waals surface area contributed by atoms with Crippen LogP contribution in [-0.4, -0.2) is 44.3 Å². The van der Waals surface area contributed by atoms with Gasteiger partial charge in [-0.15, -0.1) is 0 Å². The van der Waals surface area contributed by atoms with Crippen LogP contribution in [0.15, 0.2) is 23.2 Å². The number of isocyanates is 1. The lowest BCUT2D eigenvalue weighted by molar-refractivity contribution is 0.110. The van der Waals surface area contributed by atoms with Crippen LogP contribution in [0.3, 0.4) is 0 Å². The third-order valence-corrected chi connectivity index (χ3v) is 5.08. The first kappa shape index (κ1) is 16.0. The van der Waals surface area contributed by atoms with Gasteiger partial charge < -0.3 is 14.4 Å². The maximum Gasteiger partial charge on any atom is 0.235 e. The molecule has 0 bridgehead atoms. The zero-order valence-corrected chi connectivity index (χ0v) is 13.9. The van der Waals surface area contributed by atoms with Crippen molar-refractivity contribution < 1.29 is 14.3 Å². The highest BCUT2D eigenvalue weighted by molar-refractivity contribution is 5.52. The molecule has 0 N–H and O–H groups in total. The highest BCUT2D eigenvalue weighted by atomic mass is 16.5. The number of nitrogens with zero attached hydrogens (tertiary/aromatic N) is 2. The Bertz CT molecular complexity index is 598. The van der Waals surface area contributed by atoms with Gasteiger partial charge in [0.25, 0.3) is 0 Å². The van der Waals surface area contributed by atoms with Crippen LogP contribution in [0, 0.1) is 0 Å². The fourth-order valence-electron chi connectivity index (χ4n) is 3.51. The first-order valence-corrected chi connectivity index (χ1v) is 8.30. The van der Waals surface area contributed by atoms with Crippen molar-refractivity contribution in [2.45, 2.75) is 43.7 Å². The lowest BCUT2D eigenvalue weighted by Gasteiger charge is -2.38. The van der Waals surface area contributed by atoms with Gasteiger partial charge in [-0.25, -0.2) is 4.79 Å². The predicted molar refractivity (Wildman–Crippen MR) is 87.8 cm³/mol. The number of methoxy groups -OCH3 is 1. The van der Waals surface area contributed by atoms with E-state index in [2.05, 4.69) is 16.9 Å². The normalized spacial score (nSPS) is 21.1. The highest BCUT2D eigenvalue weighted by Gasteiger charge is 2.42. The molecule has 5 nitrogen and oxygen atoms in total. The van der Waals surface area contributed by atoms with Crippen LogP contribution in [-0.2, 0) is 10.3 Å². The number of carbonyl (C=O) groups excluding carboxylic acids is 1. The zero-order valence-electron chi connectivity index (χ0n) is 13.9. The molecule has 1 aromatic rings. The molecule has 5 heteroatoms. The molecule has 1 saturated carbocycles. The fraction of sp³-hybridized carbons (Fsp3) is 0.611. The van der Waals surface area contributed by atoms with Gasteiger partial charge >= 0.3 is 0 Å². The Balaban J connectivity index is 1.87. The second kappa shape index (κ2) is 6.73. The van der Waals surface area contributed by atoms with E-state index in [1.54, 1.807) is 13.2 Å². The standard InChI is InChI=1S/C18H24N2O3/c1-20-11-7-14(8-12-20)23-16-6-3-5-15(17(16)22-2)18(19-13-21)9-4-10-18/h3,5-6,14H,4,7-12H2,1-2H3. The number of likely N-dealkylation sites (tertiary alicyclic amines) is 1. The van der Waals surface area contributed by atoms with E-state index < -0.39 is 5.54 Å². The van der Waals surface area contributed by atoms with Crippen molar-refractivity contribution in [3.05, 3.63) is 23.8 Å². The van der Waals surface area contributed by atoms with Crippen molar-refractivity contribution in [3.8, 4) is 11.5 Å². The van der Waals surface area contributed by atoms with Gasteiger partial charge in [0.15, 0.2) is 11.5 Å². The van der Waals surface area contributed by atoms with E-state index >= 15 is 0 Å². The van der Waals surface area contributed by atoms with Crippen LogP contribution in [0.2, 0.25) is 0 Å². The molecule has 2 aliphatic rings. The second-order valence-electron chi connectivity index (χ2n) is 6.55. The lowest BCUT2D eigenvalue weighted by atomic mass is 9.72. The summed E-state index contributed by atoms with van der Waals surface area (Å²) in [7, 11) is 3.78. The molecule has 0 radical (unpaired) electrons. The number of para-hydroxylation sites is 1. The van der Waals surface area contributed by atoms with Gasteiger partial charge in [-0.3, -0.25) is 0 Å². The molecule has 1 aliphatic heterocycles. The second-order valence-corrected chi connectivity index (χ2v) is 6.55. The maximum absolute atomic E-state index is 10.9. The van der Waals surface area contributed by atoms with Gasteiger partial charge in [-0.1, -0.05) is 12.1 Å². The number of piperidine rings is 1. The predicted octanol–water partition coefficient (Wildman–Crippen LogP) is 2.88. The molecule has 1 aromatic carbocycles. The highest BCUT2D eigenvalue weighted by Crippen LogP contribution is 2.50. The third kappa shape index (κ3) is 3.12. The van der Waals surface area contributed by atoms with Crippen LogP contribution in [0.4, 0.5) is 0 Å². The van der Waals surface area contributed by atoms with Gasteiger partial charge in [-0.05, 0) is 45.2 Å². The molecule has 3 rings (SSSR count). The smallest absolute Gasteiger partial charge is 0.235 e. The van der Waals surface area contributed by atoms with Gasteiger partial charge in [0.1, 0.15) is 11.6 Å². The van der Waals surface area contributed by atoms with Gasteiger partial charge in [-0.2, -0.15) is 4.99 Å².